The van der Waals surface area contributed by atoms with E-state index in [1.165, 1.54) is 4.57 Å². The van der Waals surface area contributed by atoms with Crippen molar-refractivity contribution >= 4 is 11.6 Å². The monoisotopic (exact) mass is 311 g/mol. The van der Waals surface area contributed by atoms with E-state index in [2.05, 4.69) is 5.32 Å². The third kappa shape index (κ3) is 3.80. The van der Waals surface area contributed by atoms with Crippen LogP contribution in [-0.2, 0) is 17.9 Å². The SMILES string of the molecule is O=C(Cn1cccc(NCc2ccccc2)c1=O)N1CCCC1. The molecule has 0 bridgehead atoms. The number of hydrogen-bond acceptors (Lipinski definition) is 3. The van der Waals surface area contributed by atoms with E-state index in [1.807, 2.05) is 35.2 Å². The minimum atomic E-state index is -0.157. The minimum absolute atomic E-state index is 0.0183. The average Bonchev–Trinajstić information content (AvgIpc) is 3.11. The minimum Gasteiger partial charge on any atom is -0.377 e. The zero-order valence-electron chi connectivity index (χ0n) is 13.1. The van der Waals surface area contributed by atoms with Crippen molar-refractivity contribution in [3.8, 4) is 0 Å². The molecule has 2 heterocycles. The van der Waals surface area contributed by atoms with E-state index in [1.54, 1.807) is 18.3 Å². The number of aromatic nitrogens is 1. The number of benzene rings is 1. The van der Waals surface area contributed by atoms with Crippen molar-refractivity contribution in [1.29, 1.82) is 0 Å². The Hall–Kier alpha value is -2.56. The summed E-state index contributed by atoms with van der Waals surface area (Å²) in [6.45, 7) is 2.30. The van der Waals surface area contributed by atoms with Crippen LogP contribution in [0.25, 0.3) is 0 Å². The highest BCUT2D eigenvalue weighted by Gasteiger charge is 2.18. The van der Waals surface area contributed by atoms with Crippen LogP contribution in [-0.4, -0.2) is 28.5 Å². The van der Waals surface area contributed by atoms with E-state index in [-0.39, 0.29) is 18.0 Å². The van der Waals surface area contributed by atoms with Gasteiger partial charge in [-0.1, -0.05) is 30.3 Å². The Bertz CT molecular complexity index is 719. The highest BCUT2D eigenvalue weighted by Crippen LogP contribution is 2.09. The lowest BCUT2D eigenvalue weighted by atomic mass is 10.2. The number of likely N-dealkylation sites (tertiary alicyclic amines) is 1. The van der Waals surface area contributed by atoms with Crippen LogP contribution >= 0.6 is 0 Å². The average molecular weight is 311 g/mol. The lowest BCUT2D eigenvalue weighted by molar-refractivity contribution is -0.130. The maximum Gasteiger partial charge on any atom is 0.274 e. The van der Waals surface area contributed by atoms with Crippen LogP contribution in [0.15, 0.2) is 53.5 Å². The first kappa shape index (κ1) is 15.3. The Morgan fingerprint density at radius 1 is 1.04 bits per heavy atom. The number of nitrogens with zero attached hydrogens (tertiary/aromatic N) is 2. The second-order valence-electron chi connectivity index (χ2n) is 5.78. The fraction of sp³-hybridized carbons (Fsp3) is 0.333. The predicted octanol–water partition coefficient (Wildman–Crippen LogP) is 2.08. The third-order valence-corrected chi connectivity index (χ3v) is 4.11. The van der Waals surface area contributed by atoms with Crippen molar-refractivity contribution in [2.45, 2.75) is 25.9 Å². The highest BCUT2D eigenvalue weighted by molar-refractivity contribution is 5.76. The van der Waals surface area contributed by atoms with E-state index < -0.39 is 0 Å². The largest absolute Gasteiger partial charge is 0.377 e. The van der Waals surface area contributed by atoms with Crippen molar-refractivity contribution in [2.75, 3.05) is 18.4 Å². The molecule has 1 aromatic heterocycles. The quantitative estimate of drug-likeness (QED) is 0.920. The van der Waals surface area contributed by atoms with Gasteiger partial charge in [-0.2, -0.15) is 0 Å². The van der Waals surface area contributed by atoms with Gasteiger partial charge < -0.3 is 14.8 Å². The normalized spacial score (nSPS) is 14.0. The molecule has 0 aliphatic carbocycles. The smallest absolute Gasteiger partial charge is 0.274 e. The maximum atomic E-state index is 12.5. The van der Waals surface area contributed by atoms with E-state index in [0.29, 0.717) is 12.2 Å². The molecule has 120 valence electrons. The van der Waals surface area contributed by atoms with Crippen LogP contribution in [0.4, 0.5) is 5.69 Å². The molecular formula is C18H21N3O2. The summed E-state index contributed by atoms with van der Waals surface area (Å²) in [5.74, 6) is 0.0183. The number of carbonyl (C=O) groups excluding carboxylic acids is 1. The maximum absolute atomic E-state index is 12.5. The summed E-state index contributed by atoms with van der Waals surface area (Å²) in [6.07, 6.45) is 3.78. The van der Waals surface area contributed by atoms with Crippen LogP contribution < -0.4 is 10.9 Å². The Morgan fingerprint density at radius 2 is 1.78 bits per heavy atom. The van der Waals surface area contributed by atoms with Gasteiger partial charge in [-0.3, -0.25) is 9.59 Å². The molecule has 1 aliphatic rings. The molecule has 2 aromatic rings. The van der Waals surface area contributed by atoms with E-state index in [0.717, 1.165) is 31.5 Å². The summed E-state index contributed by atoms with van der Waals surface area (Å²) < 4.78 is 1.48. The van der Waals surface area contributed by atoms with Crippen molar-refractivity contribution in [3.63, 3.8) is 0 Å². The molecule has 0 spiro atoms. The molecule has 1 fully saturated rings. The van der Waals surface area contributed by atoms with Gasteiger partial charge >= 0.3 is 0 Å². The topological polar surface area (TPSA) is 54.3 Å². The van der Waals surface area contributed by atoms with Crippen LogP contribution in [0.3, 0.4) is 0 Å². The van der Waals surface area contributed by atoms with Crippen LogP contribution in [0.5, 0.6) is 0 Å². The summed E-state index contributed by atoms with van der Waals surface area (Å²) in [4.78, 5) is 26.5. The van der Waals surface area contributed by atoms with Crippen LogP contribution in [0, 0.1) is 0 Å². The number of rotatable bonds is 5. The predicted molar refractivity (Wildman–Crippen MR) is 90.3 cm³/mol. The second-order valence-corrected chi connectivity index (χ2v) is 5.78. The molecule has 1 saturated heterocycles. The third-order valence-electron chi connectivity index (χ3n) is 4.11. The molecule has 5 nitrogen and oxygen atoms in total. The van der Waals surface area contributed by atoms with Crippen molar-refractivity contribution < 1.29 is 4.79 Å². The second kappa shape index (κ2) is 7.13. The first-order valence-electron chi connectivity index (χ1n) is 7.99. The van der Waals surface area contributed by atoms with E-state index >= 15 is 0 Å². The van der Waals surface area contributed by atoms with E-state index in [4.69, 9.17) is 0 Å². The number of anilines is 1. The molecule has 0 saturated carbocycles. The number of hydrogen-bond donors (Lipinski definition) is 1. The first-order chi connectivity index (χ1) is 11.2. The summed E-state index contributed by atoms with van der Waals surface area (Å²) in [6, 6.07) is 13.5. The van der Waals surface area contributed by atoms with Gasteiger partial charge in [-0.25, -0.2) is 0 Å². The molecule has 0 radical (unpaired) electrons. The Balaban J connectivity index is 1.68. The molecule has 1 amide bonds. The van der Waals surface area contributed by atoms with Crippen LogP contribution in [0.1, 0.15) is 18.4 Å². The number of nitrogens with one attached hydrogen (secondary N) is 1. The molecule has 0 atom stereocenters. The first-order valence-corrected chi connectivity index (χ1v) is 7.99. The summed E-state index contributed by atoms with van der Waals surface area (Å²) >= 11 is 0. The molecule has 5 heteroatoms. The highest BCUT2D eigenvalue weighted by atomic mass is 16.2. The van der Waals surface area contributed by atoms with Gasteiger partial charge in [0.05, 0.1) is 0 Å². The van der Waals surface area contributed by atoms with Crippen molar-refractivity contribution in [1.82, 2.24) is 9.47 Å². The number of pyridine rings is 1. The summed E-state index contributed by atoms with van der Waals surface area (Å²) in [5.41, 5.74) is 1.47. The van der Waals surface area contributed by atoms with Gasteiger partial charge in [0, 0.05) is 25.8 Å². The van der Waals surface area contributed by atoms with Gasteiger partial charge in [-0.05, 0) is 30.5 Å². The molecule has 23 heavy (non-hydrogen) atoms. The Labute approximate surface area is 135 Å². The summed E-state index contributed by atoms with van der Waals surface area (Å²) in [7, 11) is 0. The zero-order chi connectivity index (χ0) is 16.1. The van der Waals surface area contributed by atoms with Crippen LogP contribution in [0.2, 0.25) is 0 Å². The van der Waals surface area contributed by atoms with Gasteiger partial charge in [0.25, 0.3) is 5.56 Å². The van der Waals surface area contributed by atoms with Gasteiger partial charge in [-0.15, -0.1) is 0 Å². The van der Waals surface area contributed by atoms with Gasteiger partial charge in [0.2, 0.25) is 5.91 Å². The lowest BCUT2D eigenvalue weighted by Crippen LogP contribution is -2.34. The zero-order valence-corrected chi connectivity index (χ0v) is 13.1. The van der Waals surface area contributed by atoms with Crippen molar-refractivity contribution in [3.05, 3.63) is 64.6 Å². The molecule has 1 aliphatic heterocycles. The fourth-order valence-electron chi connectivity index (χ4n) is 2.80. The molecular weight excluding hydrogens is 290 g/mol. The molecule has 0 unspecified atom stereocenters. The molecule has 1 N–H and O–H groups in total. The standard InChI is InChI=1S/C18H21N3O2/c22-17(20-10-4-5-11-20)14-21-12-6-9-16(18(21)23)19-13-15-7-2-1-3-8-15/h1-3,6-9,12,19H,4-5,10-11,13-14H2. The van der Waals surface area contributed by atoms with E-state index in [9.17, 15) is 9.59 Å². The Morgan fingerprint density at radius 3 is 2.52 bits per heavy atom. The molecule has 1 aromatic carbocycles. The summed E-state index contributed by atoms with van der Waals surface area (Å²) in [5, 5.41) is 3.15. The number of carbonyl (C=O) groups is 1. The Kier molecular flexibility index (Phi) is 4.76. The number of amides is 1. The van der Waals surface area contributed by atoms with Gasteiger partial charge in [0.15, 0.2) is 0 Å². The van der Waals surface area contributed by atoms with Crippen molar-refractivity contribution in [2.24, 2.45) is 0 Å². The lowest BCUT2D eigenvalue weighted by Gasteiger charge is -2.16. The molecule has 3 rings (SSSR count). The fourth-order valence-corrected chi connectivity index (χ4v) is 2.80. The van der Waals surface area contributed by atoms with Gasteiger partial charge in [0.1, 0.15) is 12.2 Å².